The Morgan fingerprint density at radius 3 is 2.16 bits per heavy atom. The summed E-state index contributed by atoms with van der Waals surface area (Å²) in [5.74, 6) is -0.168. The Bertz CT molecular complexity index is 768. The van der Waals surface area contributed by atoms with E-state index in [2.05, 4.69) is 56.9 Å². The maximum absolute atomic E-state index is 12.0. The standard InChI is InChI=1S/C22H25NOS/c1-16(2)21(24)23-20(17-9-7-6-8-10-17)15-25-19-13-11-18(12-14-19)22(3,4)5/h6-15H,1H2,2-5H3,(H,23,24). The summed E-state index contributed by atoms with van der Waals surface area (Å²) in [6.07, 6.45) is 0. The first-order chi connectivity index (χ1) is 11.8. The molecule has 0 fully saturated rings. The van der Waals surface area contributed by atoms with Gasteiger partial charge in [0.25, 0.3) is 5.91 Å². The van der Waals surface area contributed by atoms with Crippen LogP contribution < -0.4 is 5.32 Å². The van der Waals surface area contributed by atoms with Crippen LogP contribution in [0.15, 0.2) is 77.1 Å². The van der Waals surface area contributed by atoms with Gasteiger partial charge >= 0.3 is 0 Å². The van der Waals surface area contributed by atoms with Crippen molar-refractivity contribution in [1.29, 1.82) is 0 Å². The minimum absolute atomic E-state index is 0.143. The van der Waals surface area contributed by atoms with Crippen LogP contribution in [0.3, 0.4) is 0 Å². The van der Waals surface area contributed by atoms with E-state index in [-0.39, 0.29) is 11.3 Å². The predicted molar refractivity (Wildman–Crippen MR) is 108 cm³/mol. The quantitative estimate of drug-likeness (QED) is 0.547. The SMILES string of the molecule is C=C(C)C(=O)NC(=CSc1ccc(C(C)(C)C)cc1)c1ccccc1. The topological polar surface area (TPSA) is 29.1 Å². The van der Waals surface area contributed by atoms with Gasteiger partial charge in [0.15, 0.2) is 0 Å². The van der Waals surface area contributed by atoms with Gasteiger partial charge in [0.2, 0.25) is 0 Å². The zero-order valence-electron chi connectivity index (χ0n) is 15.3. The molecule has 2 nitrogen and oxygen atoms in total. The normalized spacial score (nSPS) is 11.9. The summed E-state index contributed by atoms with van der Waals surface area (Å²) < 4.78 is 0. The fourth-order valence-electron chi connectivity index (χ4n) is 2.18. The van der Waals surface area contributed by atoms with E-state index in [9.17, 15) is 4.79 Å². The zero-order valence-corrected chi connectivity index (χ0v) is 16.1. The van der Waals surface area contributed by atoms with Crippen LogP contribution in [-0.4, -0.2) is 5.91 Å². The van der Waals surface area contributed by atoms with Gasteiger partial charge in [-0.1, -0.05) is 81.6 Å². The van der Waals surface area contributed by atoms with Crippen molar-refractivity contribution >= 4 is 23.4 Å². The molecule has 130 valence electrons. The van der Waals surface area contributed by atoms with E-state index in [1.54, 1.807) is 18.7 Å². The van der Waals surface area contributed by atoms with Crippen molar-refractivity contribution < 1.29 is 4.79 Å². The van der Waals surface area contributed by atoms with Crippen LogP contribution in [0.25, 0.3) is 5.70 Å². The van der Waals surface area contributed by atoms with Gasteiger partial charge in [0.1, 0.15) is 0 Å². The van der Waals surface area contributed by atoms with Crippen molar-refractivity contribution in [2.24, 2.45) is 0 Å². The molecule has 0 saturated heterocycles. The third-order valence-corrected chi connectivity index (χ3v) is 4.65. The Kier molecular flexibility index (Phi) is 6.27. The number of hydrogen-bond acceptors (Lipinski definition) is 2. The minimum Gasteiger partial charge on any atom is -0.321 e. The summed E-state index contributed by atoms with van der Waals surface area (Å²) in [6, 6.07) is 18.4. The van der Waals surface area contributed by atoms with Gasteiger partial charge in [-0.05, 0) is 35.6 Å². The molecule has 0 unspecified atom stereocenters. The van der Waals surface area contributed by atoms with Gasteiger partial charge in [0.05, 0.1) is 5.70 Å². The average Bonchev–Trinajstić information content (AvgIpc) is 2.58. The van der Waals surface area contributed by atoms with Crippen LogP contribution >= 0.6 is 11.8 Å². The van der Waals surface area contributed by atoms with Crippen molar-refractivity contribution in [3.8, 4) is 0 Å². The van der Waals surface area contributed by atoms with E-state index in [1.165, 1.54) is 5.56 Å². The second kappa shape index (κ2) is 8.21. The maximum Gasteiger partial charge on any atom is 0.250 e. The number of carbonyl (C=O) groups is 1. The molecule has 1 amide bonds. The molecule has 3 heteroatoms. The molecule has 0 aliphatic carbocycles. The summed E-state index contributed by atoms with van der Waals surface area (Å²) in [6.45, 7) is 12.0. The Morgan fingerprint density at radius 1 is 1.04 bits per heavy atom. The van der Waals surface area contributed by atoms with Crippen molar-refractivity contribution in [3.63, 3.8) is 0 Å². The molecule has 1 N–H and O–H groups in total. The number of nitrogens with one attached hydrogen (secondary N) is 1. The molecule has 0 atom stereocenters. The van der Waals surface area contributed by atoms with E-state index >= 15 is 0 Å². The lowest BCUT2D eigenvalue weighted by Crippen LogP contribution is -2.22. The van der Waals surface area contributed by atoms with E-state index < -0.39 is 0 Å². The summed E-state index contributed by atoms with van der Waals surface area (Å²) in [4.78, 5) is 13.2. The summed E-state index contributed by atoms with van der Waals surface area (Å²) in [7, 11) is 0. The largest absolute Gasteiger partial charge is 0.321 e. The molecular weight excluding hydrogens is 326 g/mol. The second-order valence-corrected chi connectivity index (χ2v) is 7.97. The first-order valence-electron chi connectivity index (χ1n) is 8.27. The Balaban J connectivity index is 2.22. The molecular formula is C22H25NOS. The van der Waals surface area contributed by atoms with Crippen LogP contribution in [0.4, 0.5) is 0 Å². The van der Waals surface area contributed by atoms with Gasteiger partial charge in [0, 0.05) is 15.9 Å². The first kappa shape index (κ1) is 19.1. The molecule has 0 aliphatic rings. The molecule has 0 heterocycles. The van der Waals surface area contributed by atoms with Crippen LogP contribution in [-0.2, 0) is 10.2 Å². The van der Waals surface area contributed by atoms with Crippen molar-refractivity contribution in [3.05, 3.63) is 83.3 Å². The number of hydrogen-bond donors (Lipinski definition) is 1. The Morgan fingerprint density at radius 2 is 1.64 bits per heavy atom. The van der Waals surface area contributed by atoms with Crippen molar-refractivity contribution in [1.82, 2.24) is 5.32 Å². The van der Waals surface area contributed by atoms with Crippen LogP contribution in [0, 0.1) is 0 Å². The van der Waals surface area contributed by atoms with Crippen LogP contribution in [0.1, 0.15) is 38.8 Å². The highest BCUT2D eigenvalue weighted by atomic mass is 32.2. The van der Waals surface area contributed by atoms with E-state index in [0.717, 1.165) is 16.2 Å². The lowest BCUT2D eigenvalue weighted by molar-refractivity contribution is -0.116. The molecule has 2 rings (SSSR count). The van der Waals surface area contributed by atoms with Crippen LogP contribution in [0.5, 0.6) is 0 Å². The monoisotopic (exact) mass is 351 g/mol. The Hall–Kier alpha value is -2.26. The van der Waals surface area contributed by atoms with Gasteiger partial charge < -0.3 is 5.32 Å². The average molecular weight is 352 g/mol. The van der Waals surface area contributed by atoms with E-state index in [1.807, 2.05) is 35.7 Å². The molecule has 0 spiro atoms. The third-order valence-electron chi connectivity index (χ3n) is 3.75. The predicted octanol–water partition coefficient (Wildman–Crippen LogP) is 5.77. The number of rotatable bonds is 5. The van der Waals surface area contributed by atoms with Gasteiger partial charge in [-0.25, -0.2) is 0 Å². The lowest BCUT2D eigenvalue weighted by Gasteiger charge is -2.19. The van der Waals surface area contributed by atoms with Gasteiger partial charge in [-0.3, -0.25) is 4.79 Å². The smallest absolute Gasteiger partial charge is 0.250 e. The molecule has 2 aromatic rings. The number of benzene rings is 2. The zero-order chi connectivity index (χ0) is 18.4. The fraction of sp³-hybridized carbons (Fsp3) is 0.227. The molecule has 0 aromatic heterocycles. The molecule has 25 heavy (non-hydrogen) atoms. The number of thioether (sulfide) groups is 1. The number of carbonyl (C=O) groups excluding carboxylic acids is 1. The third kappa shape index (κ3) is 5.64. The van der Waals surface area contributed by atoms with Gasteiger partial charge in [-0.2, -0.15) is 0 Å². The highest BCUT2D eigenvalue weighted by molar-refractivity contribution is 8.02. The fourth-order valence-corrected chi connectivity index (χ4v) is 2.92. The highest BCUT2D eigenvalue weighted by Gasteiger charge is 2.13. The summed E-state index contributed by atoms with van der Waals surface area (Å²) in [5, 5.41) is 4.91. The lowest BCUT2D eigenvalue weighted by atomic mass is 9.87. The van der Waals surface area contributed by atoms with Crippen LogP contribution in [0.2, 0.25) is 0 Å². The summed E-state index contributed by atoms with van der Waals surface area (Å²) in [5.41, 5.74) is 3.68. The molecule has 0 bridgehead atoms. The molecule has 0 aliphatic heterocycles. The molecule has 0 saturated carbocycles. The molecule has 0 radical (unpaired) electrons. The second-order valence-electron chi connectivity index (χ2n) is 7.02. The highest BCUT2D eigenvalue weighted by Crippen LogP contribution is 2.28. The summed E-state index contributed by atoms with van der Waals surface area (Å²) >= 11 is 1.59. The van der Waals surface area contributed by atoms with E-state index in [0.29, 0.717) is 5.57 Å². The number of amides is 1. The first-order valence-corrected chi connectivity index (χ1v) is 9.15. The van der Waals surface area contributed by atoms with Crippen molar-refractivity contribution in [2.45, 2.75) is 38.0 Å². The molecule has 2 aromatic carbocycles. The Labute approximate surface area is 155 Å². The van der Waals surface area contributed by atoms with E-state index in [4.69, 9.17) is 0 Å². The van der Waals surface area contributed by atoms with Gasteiger partial charge in [-0.15, -0.1) is 0 Å². The minimum atomic E-state index is -0.168. The van der Waals surface area contributed by atoms with Crippen molar-refractivity contribution in [2.75, 3.05) is 0 Å². The maximum atomic E-state index is 12.0.